The summed E-state index contributed by atoms with van der Waals surface area (Å²) in [6.07, 6.45) is 1.40. The van der Waals surface area contributed by atoms with Crippen LogP contribution < -0.4 is 10.6 Å². The van der Waals surface area contributed by atoms with Crippen molar-refractivity contribution in [2.24, 2.45) is 0 Å². The molecule has 1 heterocycles. The quantitative estimate of drug-likeness (QED) is 0.529. The maximum atomic E-state index is 13.4. The summed E-state index contributed by atoms with van der Waals surface area (Å²) in [5.41, 5.74) is 2.05. The van der Waals surface area contributed by atoms with E-state index in [0.29, 0.717) is 42.6 Å². The number of carbonyl (C=O) groups excluding carboxylic acids is 2. The number of fused-ring (bicyclic) bond motifs is 1. The van der Waals surface area contributed by atoms with E-state index in [1.165, 1.54) is 11.2 Å². The highest BCUT2D eigenvalue weighted by Gasteiger charge is 2.32. The maximum absolute atomic E-state index is 13.4. The standard InChI is InChI=1S/C27H31N3O4S/c1-19-7-5-8-21(17-19)18-25(28-20(2)31)27(32)29-23-13-15-30(16-14-23)35(33,34)26-12-6-10-22-9-3-4-11-24(22)26/h3-12,17,23,25H,13-16,18H2,1-2H3,(H,28,31)(H,29,32)/t25-/m0/s1. The van der Waals surface area contributed by atoms with E-state index in [0.717, 1.165) is 16.5 Å². The minimum Gasteiger partial charge on any atom is -0.351 e. The predicted octanol–water partition coefficient (Wildman–Crippen LogP) is 3.16. The Labute approximate surface area is 206 Å². The van der Waals surface area contributed by atoms with E-state index < -0.39 is 16.1 Å². The smallest absolute Gasteiger partial charge is 0.243 e. The van der Waals surface area contributed by atoms with Crippen LogP contribution in [0.5, 0.6) is 0 Å². The molecule has 2 amide bonds. The number of carbonyl (C=O) groups is 2. The van der Waals surface area contributed by atoms with Gasteiger partial charge in [0.2, 0.25) is 21.8 Å². The molecule has 2 N–H and O–H groups in total. The number of amides is 2. The van der Waals surface area contributed by atoms with Crippen molar-refractivity contribution in [3.8, 4) is 0 Å². The average Bonchev–Trinajstić information content (AvgIpc) is 2.83. The number of piperidine rings is 1. The summed E-state index contributed by atoms with van der Waals surface area (Å²) in [4.78, 5) is 25.1. The summed E-state index contributed by atoms with van der Waals surface area (Å²) in [6.45, 7) is 4.02. The third-order valence-corrected chi connectivity index (χ3v) is 8.34. The van der Waals surface area contributed by atoms with Crippen LogP contribution in [0.25, 0.3) is 10.8 Å². The van der Waals surface area contributed by atoms with Gasteiger partial charge >= 0.3 is 0 Å². The molecule has 1 aliphatic heterocycles. The highest BCUT2D eigenvalue weighted by atomic mass is 32.2. The van der Waals surface area contributed by atoms with Gasteiger partial charge in [-0.3, -0.25) is 9.59 Å². The highest BCUT2D eigenvalue weighted by molar-refractivity contribution is 7.89. The summed E-state index contributed by atoms with van der Waals surface area (Å²) in [7, 11) is -3.65. The van der Waals surface area contributed by atoms with Gasteiger partial charge in [0.25, 0.3) is 0 Å². The van der Waals surface area contributed by atoms with E-state index >= 15 is 0 Å². The Morgan fingerprint density at radius 3 is 2.40 bits per heavy atom. The molecule has 1 atom stereocenters. The van der Waals surface area contributed by atoms with Gasteiger partial charge in [-0.15, -0.1) is 0 Å². The van der Waals surface area contributed by atoms with Crippen molar-refractivity contribution in [3.05, 3.63) is 77.9 Å². The number of rotatable bonds is 7. The van der Waals surface area contributed by atoms with Crippen molar-refractivity contribution < 1.29 is 18.0 Å². The fourth-order valence-electron chi connectivity index (χ4n) is 4.63. The van der Waals surface area contributed by atoms with Crippen molar-refractivity contribution in [2.75, 3.05) is 13.1 Å². The summed E-state index contributed by atoms with van der Waals surface area (Å²) >= 11 is 0. The molecule has 4 rings (SSSR count). The number of nitrogens with zero attached hydrogens (tertiary/aromatic N) is 1. The molecule has 3 aromatic carbocycles. The molecule has 0 saturated carbocycles. The average molecular weight is 494 g/mol. The Morgan fingerprint density at radius 1 is 1.00 bits per heavy atom. The normalized spacial score (nSPS) is 16.1. The second-order valence-electron chi connectivity index (χ2n) is 9.11. The van der Waals surface area contributed by atoms with Crippen molar-refractivity contribution in [1.82, 2.24) is 14.9 Å². The zero-order valence-corrected chi connectivity index (χ0v) is 20.8. The van der Waals surface area contributed by atoms with Gasteiger partial charge < -0.3 is 10.6 Å². The first kappa shape index (κ1) is 24.9. The lowest BCUT2D eigenvalue weighted by Gasteiger charge is -2.32. The third kappa shape index (κ3) is 5.89. The molecule has 7 nitrogen and oxygen atoms in total. The molecule has 3 aromatic rings. The van der Waals surface area contributed by atoms with Crippen LogP contribution in [0.4, 0.5) is 0 Å². The first-order valence-corrected chi connectivity index (χ1v) is 13.3. The molecule has 0 aliphatic carbocycles. The summed E-state index contributed by atoms with van der Waals surface area (Å²) in [6, 6.07) is 19.8. The van der Waals surface area contributed by atoms with Crippen LogP contribution >= 0.6 is 0 Å². The Kier molecular flexibility index (Phi) is 7.52. The van der Waals surface area contributed by atoms with Gasteiger partial charge in [-0.05, 0) is 36.8 Å². The Bertz CT molecular complexity index is 1330. The fraction of sp³-hybridized carbons (Fsp3) is 0.333. The lowest BCUT2D eigenvalue weighted by molar-refractivity contribution is -0.128. The first-order chi connectivity index (χ1) is 16.7. The third-order valence-electron chi connectivity index (χ3n) is 6.38. The summed E-state index contributed by atoms with van der Waals surface area (Å²) in [5.74, 6) is -0.522. The van der Waals surface area contributed by atoms with Crippen molar-refractivity contribution in [3.63, 3.8) is 0 Å². The van der Waals surface area contributed by atoms with E-state index in [9.17, 15) is 18.0 Å². The van der Waals surface area contributed by atoms with E-state index in [2.05, 4.69) is 10.6 Å². The van der Waals surface area contributed by atoms with Crippen molar-refractivity contribution in [2.45, 2.75) is 50.1 Å². The van der Waals surface area contributed by atoms with Gasteiger partial charge in [-0.2, -0.15) is 4.31 Å². The fourth-order valence-corrected chi connectivity index (χ4v) is 6.32. The Balaban J connectivity index is 1.41. The van der Waals surface area contributed by atoms with Crippen molar-refractivity contribution >= 4 is 32.6 Å². The lowest BCUT2D eigenvalue weighted by atomic mass is 10.0. The second-order valence-corrected chi connectivity index (χ2v) is 11.0. The molecule has 1 saturated heterocycles. The van der Waals surface area contributed by atoms with Gasteiger partial charge in [-0.25, -0.2) is 8.42 Å². The molecule has 35 heavy (non-hydrogen) atoms. The predicted molar refractivity (Wildman–Crippen MR) is 136 cm³/mol. The van der Waals surface area contributed by atoms with Crippen LogP contribution in [0.3, 0.4) is 0 Å². The second kappa shape index (κ2) is 10.6. The van der Waals surface area contributed by atoms with E-state index in [-0.39, 0.29) is 17.9 Å². The molecule has 184 valence electrons. The minimum atomic E-state index is -3.65. The number of sulfonamides is 1. The zero-order valence-electron chi connectivity index (χ0n) is 20.0. The van der Waals surface area contributed by atoms with Crippen LogP contribution in [0.15, 0.2) is 71.6 Å². The topological polar surface area (TPSA) is 95.6 Å². The van der Waals surface area contributed by atoms with Crippen LogP contribution in [0, 0.1) is 6.92 Å². The highest BCUT2D eigenvalue weighted by Crippen LogP contribution is 2.27. The Morgan fingerprint density at radius 2 is 1.69 bits per heavy atom. The molecule has 0 aromatic heterocycles. The van der Waals surface area contributed by atoms with E-state index in [1.807, 2.05) is 61.5 Å². The Hall–Kier alpha value is -3.23. The number of aryl methyl sites for hydroxylation is 1. The molecule has 0 unspecified atom stereocenters. The number of nitrogens with one attached hydrogen (secondary N) is 2. The molecular formula is C27H31N3O4S. The minimum absolute atomic E-state index is 0.157. The lowest BCUT2D eigenvalue weighted by Crippen LogP contribution is -2.53. The van der Waals surface area contributed by atoms with E-state index in [1.54, 1.807) is 12.1 Å². The number of hydrogen-bond acceptors (Lipinski definition) is 4. The van der Waals surface area contributed by atoms with Crippen LogP contribution in [0.2, 0.25) is 0 Å². The van der Waals surface area contributed by atoms with Crippen LogP contribution in [0.1, 0.15) is 30.9 Å². The van der Waals surface area contributed by atoms with Crippen molar-refractivity contribution in [1.29, 1.82) is 0 Å². The van der Waals surface area contributed by atoms with Gasteiger partial charge in [0.15, 0.2) is 0 Å². The first-order valence-electron chi connectivity index (χ1n) is 11.8. The summed E-state index contributed by atoms with van der Waals surface area (Å²) < 4.78 is 28.3. The number of benzene rings is 3. The van der Waals surface area contributed by atoms with Gasteiger partial charge in [-0.1, -0.05) is 66.2 Å². The number of hydrogen-bond donors (Lipinski definition) is 2. The molecule has 0 bridgehead atoms. The maximum Gasteiger partial charge on any atom is 0.243 e. The molecule has 0 radical (unpaired) electrons. The SMILES string of the molecule is CC(=O)N[C@@H](Cc1cccc(C)c1)C(=O)NC1CCN(S(=O)(=O)c2cccc3ccccc23)CC1. The molecular weight excluding hydrogens is 462 g/mol. The zero-order chi connectivity index (χ0) is 25.0. The molecule has 1 fully saturated rings. The molecule has 0 spiro atoms. The van der Waals surface area contributed by atoms with E-state index in [4.69, 9.17) is 0 Å². The van der Waals surface area contributed by atoms with Crippen LogP contribution in [-0.4, -0.2) is 49.7 Å². The van der Waals surface area contributed by atoms with Gasteiger partial charge in [0.05, 0.1) is 4.90 Å². The van der Waals surface area contributed by atoms with Gasteiger partial charge in [0, 0.05) is 37.9 Å². The monoisotopic (exact) mass is 493 g/mol. The largest absolute Gasteiger partial charge is 0.351 e. The van der Waals surface area contributed by atoms with Gasteiger partial charge in [0.1, 0.15) is 6.04 Å². The molecule has 8 heteroatoms. The van der Waals surface area contributed by atoms with Crippen LogP contribution in [-0.2, 0) is 26.0 Å². The summed E-state index contributed by atoms with van der Waals surface area (Å²) in [5, 5.41) is 7.37. The molecule has 1 aliphatic rings.